The van der Waals surface area contributed by atoms with Crippen LogP contribution < -0.4 is 25.3 Å². The number of hydrogen-bond donors (Lipinski definition) is 2. The third kappa shape index (κ3) is 5.53. The molecule has 0 amide bonds. The minimum absolute atomic E-state index is 0.213. The van der Waals surface area contributed by atoms with E-state index >= 15 is 0 Å². The number of esters is 1. The fraction of sp³-hybridized carbons (Fsp3) is 0.206. The van der Waals surface area contributed by atoms with E-state index in [0.29, 0.717) is 22.3 Å². The van der Waals surface area contributed by atoms with Gasteiger partial charge in [-0.2, -0.15) is 0 Å². The number of benzene rings is 4. The zero-order chi connectivity index (χ0) is 29.3. The maximum absolute atomic E-state index is 12.8. The van der Waals surface area contributed by atoms with Crippen LogP contribution in [-0.2, 0) is 0 Å². The molecule has 4 aromatic carbocycles. The first-order valence-electron chi connectivity index (χ1n) is 13.3. The fourth-order valence-corrected chi connectivity index (χ4v) is 5.74. The van der Waals surface area contributed by atoms with E-state index in [1.807, 2.05) is 30.3 Å². The highest BCUT2D eigenvalue weighted by Crippen LogP contribution is 2.47. The second-order valence-electron chi connectivity index (χ2n) is 10.6. The van der Waals surface area contributed by atoms with E-state index in [0.717, 1.165) is 39.1 Å². The molecular weight excluding hydrogens is 536 g/mol. The topological polar surface area (TPSA) is 82.8 Å². The SMILES string of the molecule is COc1cc(OC(=O)c2ccccc2Cl)ccc1-c1ccc2c(c1C(N)c1ccccc1OC)C(C)=CC(C)(C)N2. The van der Waals surface area contributed by atoms with Gasteiger partial charge < -0.3 is 25.3 Å². The van der Waals surface area contributed by atoms with Crippen LogP contribution in [0.1, 0.15) is 53.9 Å². The number of para-hydroxylation sites is 1. The van der Waals surface area contributed by atoms with Gasteiger partial charge in [0.05, 0.1) is 36.4 Å². The number of nitrogens with one attached hydrogen (secondary N) is 1. The van der Waals surface area contributed by atoms with Crippen LogP contribution in [0.2, 0.25) is 5.02 Å². The smallest absolute Gasteiger partial charge is 0.345 e. The summed E-state index contributed by atoms with van der Waals surface area (Å²) in [6.07, 6.45) is 2.21. The van der Waals surface area contributed by atoms with Crippen LogP contribution in [0, 0.1) is 0 Å². The molecule has 5 rings (SSSR count). The Balaban J connectivity index is 1.65. The quantitative estimate of drug-likeness (QED) is 0.174. The molecule has 1 atom stereocenters. The summed E-state index contributed by atoms with van der Waals surface area (Å²) in [4.78, 5) is 12.8. The van der Waals surface area contributed by atoms with Crippen LogP contribution in [0.25, 0.3) is 16.7 Å². The van der Waals surface area contributed by atoms with Gasteiger partial charge in [-0.1, -0.05) is 54.1 Å². The average molecular weight is 569 g/mol. The Morgan fingerprint density at radius 2 is 1.59 bits per heavy atom. The van der Waals surface area contributed by atoms with Crippen molar-refractivity contribution in [1.82, 2.24) is 0 Å². The lowest BCUT2D eigenvalue weighted by Crippen LogP contribution is -2.32. The number of ether oxygens (including phenoxy) is 3. The van der Waals surface area contributed by atoms with Gasteiger partial charge in [-0.15, -0.1) is 0 Å². The van der Waals surface area contributed by atoms with Crippen molar-refractivity contribution in [2.24, 2.45) is 5.73 Å². The molecule has 0 radical (unpaired) electrons. The summed E-state index contributed by atoms with van der Waals surface area (Å²) in [6.45, 7) is 6.38. The van der Waals surface area contributed by atoms with Gasteiger partial charge >= 0.3 is 5.97 Å². The van der Waals surface area contributed by atoms with Gasteiger partial charge in [-0.05, 0) is 73.9 Å². The van der Waals surface area contributed by atoms with Crippen molar-refractivity contribution in [3.63, 3.8) is 0 Å². The molecule has 0 aliphatic carbocycles. The number of carbonyl (C=O) groups excluding carboxylic acids is 1. The number of allylic oxidation sites excluding steroid dienone is 1. The molecule has 210 valence electrons. The molecule has 0 spiro atoms. The number of fused-ring (bicyclic) bond motifs is 1. The van der Waals surface area contributed by atoms with Crippen LogP contribution in [0.5, 0.6) is 17.2 Å². The second-order valence-corrected chi connectivity index (χ2v) is 11.0. The molecule has 0 fully saturated rings. The first-order valence-corrected chi connectivity index (χ1v) is 13.7. The lowest BCUT2D eigenvalue weighted by Gasteiger charge is -2.35. The molecule has 1 aliphatic heterocycles. The molecule has 7 heteroatoms. The second kappa shape index (κ2) is 11.3. The third-order valence-electron chi connectivity index (χ3n) is 7.23. The van der Waals surface area contributed by atoms with Crippen molar-refractivity contribution in [2.75, 3.05) is 19.5 Å². The van der Waals surface area contributed by atoms with Crippen molar-refractivity contribution in [3.8, 4) is 28.4 Å². The van der Waals surface area contributed by atoms with E-state index in [2.05, 4.69) is 44.3 Å². The van der Waals surface area contributed by atoms with E-state index in [-0.39, 0.29) is 11.1 Å². The van der Waals surface area contributed by atoms with E-state index in [9.17, 15) is 4.79 Å². The molecule has 1 heterocycles. The first kappa shape index (κ1) is 28.3. The summed E-state index contributed by atoms with van der Waals surface area (Å²) in [7, 11) is 3.24. The van der Waals surface area contributed by atoms with Crippen LogP contribution in [0.15, 0.2) is 84.9 Å². The summed E-state index contributed by atoms with van der Waals surface area (Å²) >= 11 is 6.20. The highest BCUT2D eigenvalue weighted by Gasteiger charge is 2.30. The maximum atomic E-state index is 12.8. The van der Waals surface area contributed by atoms with Crippen LogP contribution in [-0.4, -0.2) is 25.7 Å². The zero-order valence-electron chi connectivity index (χ0n) is 23.7. The van der Waals surface area contributed by atoms with Gasteiger partial charge in [0.15, 0.2) is 0 Å². The van der Waals surface area contributed by atoms with Crippen molar-refractivity contribution in [2.45, 2.75) is 32.4 Å². The first-order chi connectivity index (χ1) is 19.6. The molecule has 3 N–H and O–H groups in total. The predicted molar refractivity (Wildman–Crippen MR) is 165 cm³/mol. The van der Waals surface area contributed by atoms with Crippen molar-refractivity contribution < 1.29 is 19.0 Å². The van der Waals surface area contributed by atoms with Gasteiger partial charge in [-0.25, -0.2) is 4.79 Å². The monoisotopic (exact) mass is 568 g/mol. The normalized spacial score (nSPS) is 14.3. The highest BCUT2D eigenvalue weighted by molar-refractivity contribution is 6.33. The number of hydrogen-bond acceptors (Lipinski definition) is 6. The number of carbonyl (C=O) groups is 1. The number of rotatable bonds is 7. The van der Waals surface area contributed by atoms with Gasteiger partial charge in [0.2, 0.25) is 0 Å². The Bertz CT molecular complexity index is 1660. The lowest BCUT2D eigenvalue weighted by molar-refractivity contribution is 0.0734. The minimum atomic E-state index is -0.549. The van der Waals surface area contributed by atoms with Gasteiger partial charge in [-0.3, -0.25) is 0 Å². The van der Waals surface area contributed by atoms with E-state index in [1.54, 1.807) is 50.6 Å². The van der Waals surface area contributed by atoms with Crippen molar-refractivity contribution in [1.29, 1.82) is 0 Å². The summed E-state index contributed by atoms with van der Waals surface area (Å²) in [5.74, 6) is 1.03. The summed E-state index contributed by atoms with van der Waals surface area (Å²) < 4.78 is 17.2. The van der Waals surface area contributed by atoms with E-state index in [1.165, 1.54) is 0 Å². The largest absolute Gasteiger partial charge is 0.496 e. The Kier molecular flexibility index (Phi) is 7.80. The number of halogens is 1. The molecule has 4 aromatic rings. The Labute approximate surface area is 245 Å². The fourth-order valence-electron chi connectivity index (χ4n) is 5.53. The summed E-state index contributed by atoms with van der Waals surface area (Å²) in [5, 5.41) is 3.96. The Morgan fingerprint density at radius 3 is 2.32 bits per heavy atom. The third-order valence-corrected chi connectivity index (χ3v) is 7.56. The summed E-state index contributed by atoms with van der Waals surface area (Å²) in [6, 6.07) is 23.5. The van der Waals surface area contributed by atoms with Crippen molar-refractivity contribution >= 4 is 28.8 Å². The lowest BCUT2D eigenvalue weighted by atomic mass is 9.81. The summed E-state index contributed by atoms with van der Waals surface area (Å²) in [5.41, 5.74) is 13.8. The molecular formula is C34H33ClN2O4. The van der Waals surface area contributed by atoms with E-state index in [4.69, 9.17) is 31.5 Å². The minimum Gasteiger partial charge on any atom is -0.496 e. The average Bonchev–Trinajstić information content (AvgIpc) is 2.95. The van der Waals surface area contributed by atoms with Crippen LogP contribution in [0.4, 0.5) is 5.69 Å². The zero-order valence-corrected chi connectivity index (χ0v) is 24.5. The number of nitrogens with two attached hydrogens (primary N) is 1. The number of anilines is 1. The van der Waals surface area contributed by atoms with Crippen LogP contribution >= 0.6 is 11.6 Å². The maximum Gasteiger partial charge on any atom is 0.345 e. The standard InChI is InChI=1S/C34H33ClN2O4/c1-20-19-34(2,3)37-27-17-16-23(31(30(20)27)32(36)25-11-7-9-13-28(25)39-4)22-15-14-21(18-29(22)40-5)41-33(38)24-10-6-8-12-26(24)35/h6-19,32,37H,36H2,1-5H3. The molecule has 0 saturated carbocycles. The molecule has 1 unspecified atom stereocenters. The predicted octanol–water partition coefficient (Wildman–Crippen LogP) is 7.90. The Hall–Kier alpha value is -4.26. The molecule has 0 saturated heterocycles. The van der Waals surface area contributed by atoms with E-state index < -0.39 is 12.0 Å². The molecule has 6 nitrogen and oxygen atoms in total. The number of methoxy groups -OCH3 is 2. The van der Waals surface area contributed by atoms with Crippen LogP contribution in [0.3, 0.4) is 0 Å². The molecule has 41 heavy (non-hydrogen) atoms. The highest BCUT2D eigenvalue weighted by atomic mass is 35.5. The molecule has 0 bridgehead atoms. The van der Waals surface area contributed by atoms with Crippen molar-refractivity contribution in [3.05, 3.63) is 112 Å². The van der Waals surface area contributed by atoms with Gasteiger partial charge in [0.1, 0.15) is 17.2 Å². The molecule has 1 aliphatic rings. The molecule has 0 aromatic heterocycles. The van der Waals surface area contributed by atoms with Gasteiger partial charge in [0, 0.05) is 28.4 Å². The Morgan fingerprint density at radius 1 is 0.902 bits per heavy atom. The van der Waals surface area contributed by atoms with Gasteiger partial charge in [0.25, 0.3) is 0 Å².